The van der Waals surface area contributed by atoms with Gasteiger partial charge in [0.05, 0.1) is 0 Å². The number of nitrogens with one attached hydrogen (secondary N) is 2. The van der Waals surface area contributed by atoms with E-state index in [0.29, 0.717) is 6.42 Å². The van der Waals surface area contributed by atoms with Crippen molar-refractivity contribution < 1.29 is 24.2 Å². The van der Waals surface area contributed by atoms with Crippen LogP contribution in [0.3, 0.4) is 0 Å². The first-order valence-electron chi connectivity index (χ1n) is 9.10. The third-order valence-corrected chi connectivity index (χ3v) is 4.07. The number of benzene rings is 1. The van der Waals surface area contributed by atoms with E-state index in [1.54, 1.807) is 27.7 Å². The van der Waals surface area contributed by atoms with Crippen molar-refractivity contribution in [3.63, 3.8) is 0 Å². The fourth-order valence-electron chi connectivity index (χ4n) is 2.45. The molecule has 1 aromatic rings. The molecule has 3 atom stereocenters. The summed E-state index contributed by atoms with van der Waals surface area (Å²) in [4.78, 5) is 36.4. The molecule has 0 fully saturated rings. The van der Waals surface area contributed by atoms with Crippen molar-refractivity contribution >= 4 is 18.0 Å². The van der Waals surface area contributed by atoms with E-state index in [4.69, 9.17) is 4.74 Å². The molecule has 1 aromatic carbocycles. The highest BCUT2D eigenvalue weighted by atomic mass is 16.6. The van der Waals surface area contributed by atoms with Crippen LogP contribution in [0.1, 0.15) is 46.6 Å². The lowest BCUT2D eigenvalue weighted by Gasteiger charge is -2.26. The molecule has 3 N–H and O–H groups in total. The molecule has 1 rings (SSSR count). The number of alkyl carbamates (subject to hydrolysis) is 1. The highest BCUT2D eigenvalue weighted by Gasteiger charge is 2.30. The standard InChI is InChI=1S/C20H30N2O5/c1-6-13(2)16(18(24)25)22-17(23)15(12-14-10-8-7-9-11-14)21-19(26)27-20(3,4)5/h7-11,13,15-16H,6,12H2,1-5H3,(H,21,26)(H,22,23)(H,24,25)/t13-,15+,16-/m0/s1. The fourth-order valence-corrected chi connectivity index (χ4v) is 2.45. The number of carboxylic acids is 1. The Morgan fingerprint density at radius 2 is 1.70 bits per heavy atom. The summed E-state index contributed by atoms with van der Waals surface area (Å²) in [6, 6.07) is 7.20. The lowest BCUT2D eigenvalue weighted by Crippen LogP contribution is -2.54. The lowest BCUT2D eigenvalue weighted by molar-refractivity contribution is -0.143. The average Bonchev–Trinajstić information content (AvgIpc) is 2.57. The van der Waals surface area contributed by atoms with E-state index in [1.807, 2.05) is 37.3 Å². The zero-order valence-corrected chi connectivity index (χ0v) is 16.6. The van der Waals surface area contributed by atoms with Crippen molar-refractivity contribution in [3.05, 3.63) is 35.9 Å². The van der Waals surface area contributed by atoms with Crippen LogP contribution in [-0.4, -0.2) is 40.8 Å². The topological polar surface area (TPSA) is 105 Å². The molecule has 2 amide bonds. The number of hydrogen-bond acceptors (Lipinski definition) is 4. The zero-order valence-electron chi connectivity index (χ0n) is 16.6. The summed E-state index contributed by atoms with van der Waals surface area (Å²) >= 11 is 0. The van der Waals surface area contributed by atoms with Gasteiger partial charge in [0.25, 0.3) is 0 Å². The summed E-state index contributed by atoms with van der Waals surface area (Å²) < 4.78 is 5.23. The Balaban J connectivity index is 2.95. The summed E-state index contributed by atoms with van der Waals surface area (Å²) in [5.41, 5.74) is 0.127. The van der Waals surface area contributed by atoms with Gasteiger partial charge in [-0.15, -0.1) is 0 Å². The van der Waals surface area contributed by atoms with Crippen LogP contribution in [0.4, 0.5) is 4.79 Å². The number of carbonyl (C=O) groups is 3. The third kappa shape index (κ3) is 8.11. The predicted molar refractivity (Wildman–Crippen MR) is 102 cm³/mol. The first-order chi connectivity index (χ1) is 12.5. The van der Waals surface area contributed by atoms with Gasteiger partial charge < -0.3 is 20.5 Å². The molecule has 0 aliphatic heterocycles. The van der Waals surface area contributed by atoms with Gasteiger partial charge in [0, 0.05) is 6.42 Å². The van der Waals surface area contributed by atoms with E-state index in [0.717, 1.165) is 5.56 Å². The van der Waals surface area contributed by atoms with Crippen LogP contribution >= 0.6 is 0 Å². The lowest BCUT2D eigenvalue weighted by atomic mass is 9.98. The van der Waals surface area contributed by atoms with Crippen LogP contribution in [0.5, 0.6) is 0 Å². The maximum Gasteiger partial charge on any atom is 0.408 e. The van der Waals surface area contributed by atoms with Crippen molar-refractivity contribution in [2.24, 2.45) is 5.92 Å². The van der Waals surface area contributed by atoms with Gasteiger partial charge in [-0.2, -0.15) is 0 Å². The highest BCUT2D eigenvalue weighted by molar-refractivity contribution is 5.89. The molecule has 0 heterocycles. The molecular formula is C20H30N2O5. The summed E-state index contributed by atoms with van der Waals surface area (Å²) in [6.07, 6.45) is 0.0905. The Bertz CT molecular complexity index is 640. The second-order valence-electron chi connectivity index (χ2n) is 7.60. The number of hydrogen-bond donors (Lipinski definition) is 3. The Hall–Kier alpha value is -2.57. The van der Waals surface area contributed by atoms with Gasteiger partial charge in [-0.3, -0.25) is 4.79 Å². The summed E-state index contributed by atoms with van der Waals surface area (Å²) in [7, 11) is 0. The number of aliphatic carboxylic acids is 1. The average molecular weight is 378 g/mol. The van der Waals surface area contributed by atoms with Crippen molar-refractivity contribution in [1.29, 1.82) is 0 Å². The molecule has 0 aliphatic carbocycles. The van der Waals surface area contributed by atoms with Crippen LogP contribution in [0, 0.1) is 5.92 Å². The Labute approximate surface area is 160 Å². The second kappa shape index (κ2) is 9.94. The minimum Gasteiger partial charge on any atom is -0.480 e. The van der Waals surface area contributed by atoms with Crippen LogP contribution in [0.25, 0.3) is 0 Å². The predicted octanol–water partition coefficient (Wildman–Crippen LogP) is 2.74. The molecular weight excluding hydrogens is 348 g/mol. The maximum absolute atomic E-state index is 12.7. The van der Waals surface area contributed by atoms with Gasteiger partial charge in [0.2, 0.25) is 5.91 Å². The van der Waals surface area contributed by atoms with Crippen molar-refractivity contribution in [2.75, 3.05) is 0 Å². The largest absolute Gasteiger partial charge is 0.480 e. The van der Waals surface area contributed by atoms with Crippen LogP contribution < -0.4 is 10.6 Å². The number of carboxylic acid groups (broad SMARTS) is 1. The molecule has 27 heavy (non-hydrogen) atoms. The van der Waals surface area contributed by atoms with Crippen molar-refractivity contribution in [2.45, 2.75) is 65.1 Å². The van der Waals surface area contributed by atoms with E-state index in [2.05, 4.69) is 10.6 Å². The molecule has 0 spiro atoms. The molecule has 0 saturated carbocycles. The van der Waals surface area contributed by atoms with E-state index in [9.17, 15) is 19.5 Å². The normalized spacial score (nSPS) is 14.6. The van der Waals surface area contributed by atoms with Gasteiger partial charge in [-0.25, -0.2) is 9.59 Å². The molecule has 150 valence electrons. The summed E-state index contributed by atoms with van der Waals surface area (Å²) in [6.45, 7) is 8.78. The van der Waals surface area contributed by atoms with Gasteiger partial charge >= 0.3 is 12.1 Å². The van der Waals surface area contributed by atoms with E-state index >= 15 is 0 Å². The number of amides is 2. The molecule has 0 aliphatic rings. The summed E-state index contributed by atoms with van der Waals surface area (Å²) in [5, 5.41) is 14.5. The Kier molecular flexibility index (Phi) is 8.28. The van der Waals surface area contributed by atoms with Crippen LogP contribution in [-0.2, 0) is 20.7 Å². The minimum atomic E-state index is -1.10. The van der Waals surface area contributed by atoms with Gasteiger partial charge in [-0.1, -0.05) is 50.6 Å². The minimum absolute atomic E-state index is 0.221. The Morgan fingerprint density at radius 3 is 2.19 bits per heavy atom. The SMILES string of the molecule is CC[C@H](C)[C@H](NC(=O)[C@@H](Cc1ccccc1)NC(=O)OC(C)(C)C)C(=O)O. The van der Waals surface area contributed by atoms with Gasteiger partial charge in [-0.05, 0) is 32.3 Å². The van der Waals surface area contributed by atoms with Crippen molar-refractivity contribution in [1.82, 2.24) is 10.6 Å². The first kappa shape index (κ1) is 22.5. The third-order valence-electron chi connectivity index (χ3n) is 4.07. The molecule has 0 aromatic heterocycles. The maximum atomic E-state index is 12.7. The number of carbonyl (C=O) groups excluding carboxylic acids is 2. The monoisotopic (exact) mass is 378 g/mol. The fraction of sp³-hybridized carbons (Fsp3) is 0.550. The highest BCUT2D eigenvalue weighted by Crippen LogP contribution is 2.11. The van der Waals surface area contributed by atoms with E-state index in [1.165, 1.54) is 0 Å². The van der Waals surface area contributed by atoms with Crippen molar-refractivity contribution in [3.8, 4) is 0 Å². The molecule has 0 bridgehead atoms. The van der Waals surface area contributed by atoms with E-state index in [-0.39, 0.29) is 12.3 Å². The first-order valence-corrected chi connectivity index (χ1v) is 9.10. The zero-order chi connectivity index (χ0) is 20.6. The number of ether oxygens (including phenoxy) is 1. The molecule has 7 heteroatoms. The molecule has 0 radical (unpaired) electrons. The second-order valence-corrected chi connectivity index (χ2v) is 7.60. The van der Waals surface area contributed by atoms with Gasteiger partial charge in [0.15, 0.2) is 0 Å². The van der Waals surface area contributed by atoms with Gasteiger partial charge in [0.1, 0.15) is 17.7 Å². The summed E-state index contributed by atoms with van der Waals surface area (Å²) in [5.74, 6) is -1.91. The quantitative estimate of drug-likeness (QED) is 0.645. The molecule has 7 nitrogen and oxygen atoms in total. The van der Waals surface area contributed by atoms with Crippen LogP contribution in [0.15, 0.2) is 30.3 Å². The Morgan fingerprint density at radius 1 is 1.11 bits per heavy atom. The molecule has 0 unspecified atom stereocenters. The number of rotatable bonds is 8. The molecule has 0 saturated heterocycles. The van der Waals surface area contributed by atoms with Crippen LogP contribution in [0.2, 0.25) is 0 Å². The smallest absolute Gasteiger partial charge is 0.408 e. The van der Waals surface area contributed by atoms with E-state index < -0.39 is 35.7 Å².